The molecule has 19 heavy (non-hydrogen) atoms. The van der Waals surface area contributed by atoms with Crippen molar-refractivity contribution in [3.8, 4) is 0 Å². The monoisotopic (exact) mass is 361 g/mol. The van der Waals surface area contributed by atoms with Gasteiger partial charge in [0.1, 0.15) is 0 Å². The van der Waals surface area contributed by atoms with Crippen LogP contribution in [0.4, 0.5) is 0 Å². The number of hydrogen-bond donors (Lipinski definition) is 1. The molecule has 0 aromatic carbocycles. The minimum Gasteiger partial charge on any atom is -0.392 e. The van der Waals surface area contributed by atoms with Gasteiger partial charge in [-0.3, -0.25) is 9.80 Å². The third kappa shape index (κ3) is 3.98. The Morgan fingerprint density at radius 3 is 2.63 bits per heavy atom. The van der Waals surface area contributed by atoms with Gasteiger partial charge in [0, 0.05) is 42.1 Å². The normalized spacial score (nSPS) is 19.5. The molecule has 3 nitrogen and oxygen atoms in total. The molecule has 0 spiro atoms. The summed E-state index contributed by atoms with van der Waals surface area (Å²) in [6.07, 6.45) is 1.01. The summed E-state index contributed by atoms with van der Waals surface area (Å²) in [5.41, 5.74) is 5.81. The molecule has 0 aliphatic carbocycles. The molecule has 0 radical (unpaired) electrons. The molecule has 1 saturated heterocycles. The Morgan fingerprint density at radius 2 is 2.16 bits per heavy atom. The Bertz CT molecular complexity index is 427. The molecule has 0 amide bonds. The van der Waals surface area contributed by atoms with Crippen molar-refractivity contribution in [2.75, 3.05) is 26.2 Å². The van der Waals surface area contributed by atoms with Gasteiger partial charge in [-0.2, -0.15) is 0 Å². The predicted molar refractivity (Wildman–Crippen MR) is 89.7 cm³/mol. The fourth-order valence-electron chi connectivity index (χ4n) is 2.51. The molecule has 1 aliphatic heterocycles. The number of halogens is 1. The topological polar surface area (TPSA) is 32.5 Å². The number of hydrogen-bond acceptors (Lipinski definition) is 4. The largest absolute Gasteiger partial charge is 0.392 e. The van der Waals surface area contributed by atoms with Crippen LogP contribution in [-0.4, -0.2) is 47.0 Å². The summed E-state index contributed by atoms with van der Waals surface area (Å²) in [5.74, 6) is 0. The molecule has 1 atom stereocenters. The third-order valence-corrected chi connectivity index (χ3v) is 5.80. The van der Waals surface area contributed by atoms with E-state index in [2.05, 4.69) is 44.1 Å². The maximum absolute atomic E-state index is 5.81. The molecule has 106 valence electrons. The second-order valence-electron chi connectivity index (χ2n) is 4.83. The Hall–Kier alpha value is -0.0100. The number of thiophene rings is 1. The summed E-state index contributed by atoms with van der Waals surface area (Å²) in [6.45, 7) is 7.47. The van der Waals surface area contributed by atoms with Gasteiger partial charge in [-0.1, -0.05) is 19.1 Å². The fraction of sp³-hybridized carbons (Fsp3) is 0.615. The second-order valence-corrected chi connectivity index (χ2v) is 7.16. The van der Waals surface area contributed by atoms with Gasteiger partial charge in [0.15, 0.2) is 0 Å². The second kappa shape index (κ2) is 7.13. The number of thiocarbonyl (C=S) groups is 1. The zero-order chi connectivity index (χ0) is 13.8. The summed E-state index contributed by atoms with van der Waals surface area (Å²) in [5, 5.41) is 2.13. The first-order chi connectivity index (χ1) is 9.11. The molecule has 1 unspecified atom stereocenters. The van der Waals surface area contributed by atoms with E-state index in [9.17, 15) is 0 Å². The third-order valence-electron chi connectivity index (χ3n) is 3.62. The molecule has 2 N–H and O–H groups in total. The van der Waals surface area contributed by atoms with Gasteiger partial charge in [-0.15, -0.1) is 11.3 Å². The number of nitrogens with two attached hydrogens (primary N) is 1. The number of piperazine rings is 1. The zero-order valence-electron chi connectivity index (χ0n) is 11.1. The quantitative estimate of drug-likeness (QED) is 0.817. The van der Waals surface area contributed by atoms with Gasteiger partial charge in [0.2, 0.25) is 0 Å². The number of nitrogens with zero attached hydrogens (tertiary/aromatic N) is 2. The first kappa shape index (κ1) is 15.4. The first-order valence-electron chi connectivity index (χ1n) is 6.59. The van der Waals surface area contributed by atoms with Crippen LogP contribution in [0.1, 0.15) is 18.2 Å². The summed E-state index contributed by atoms with van der Waals surface area (Å²) in [6, 6.07) is 2.39. The van der Waals surface area contributed by atoms with Crippen molar-refractivity contribution in [1.82, 2.24) is 9.80 Å². The van der Waals surface area contributed by atoms with Gasteiger partial charge < -0.3 is 5.73 Å². The maximum Gasteiger partial charge on any atom is 0.0901 e. The first-order valence-corrected chi connectivity index (χ1v) is 8.67. The zero-order valence-corrected chi connectivity index (χ0v) is 14.4. The molecule has 1 aliphatic rings. The molecule has 1 fully saturated rings. The molecule has 1 aromatic rings. The van der Waals surface area contributed by atoms with Crippen molar-refractivity contribution in [1.29, 1.82) is 0 Å². The van der Waals surface area contributed by atoms with E-state index in [1.807, 2.05) is 11.3 Å². The van der Waals surface area contributed by atoms with Crippen molar-refractivity contribution in [3.05, 3.63) is 20.8 Å². The van der Waals surface area contributed by atoms with Crippen molar-refractivity contribution in [2.24, 2.45) is 5.73 Å². The molecule has 2 rings (SSSR count). The van der Waals surface area contributed by atoms with Crippen molar-refractivity contribution >= 4 is 44.5 Å². The summed E-state index contributed by atoms with van der Waals surface area (Å²) in [7, 11) is 0. The highest BCUT2D eigenvalue weighted by Gasteiger charge is 2.24. The van der Waals surface area contributed by atoms with Gasteiger partial charge in [0.05, 0.1) is 11.0 Å². The van der Waals surface area contributed by atoms with Crippen LogP contribution < -0.4 is 5.73 Å². The predicted octanol–water partition coefficient (Wildman–Crippen LogP) is 2.69. The van der Waals surface area contributed by atoms with E-state index in [1.54, 1.807) is 0 Å². The van der Waals surface area contributed by atoms with Crippen LogP contribution in [0.5, 0.6) is 0 Å². The molecule has 2 heterocycles. The van der Waals surface area contributed by atoms with Gasteiger partial charge >= 0.3 is 0 Å². The van der Waals surface area contributed by atoms with Crippen LogP contribution in [0.3, 0.4) is 0 Å². The van der Waals surface area contributed by atoms with Crippen LogP contribution in [0, 0.1) is 0 Å². The van der Waals surface area contributed by atoms with Crippen LogP contribution in [0.25, 0.3) is 0 Å². The minimum atomic E-state index is 0.269. The van der Waals surface area contributed by atoms with E-state index in [-0.39, 0.29) is 6.04 Å². The minimum absolute atomic E-state index is 0.269. The Balaban J connectivity index is 1.85. The smallest absolute Gasteiger partial charge is 0.0901 e. The van der Waals surface area contributed by atoms with Gasteiger partial charge in [0.25, 0.3) is 0 Å². The molecular formula is C13H20BrN3S2. The van der Waals surface area contributed by atoms with E-state index in [0.717, 1.165) is 39.1 Å². The standard InChI is InChI=1S/C13H20BrN3S2/c1-2-11(13(15)18)17-6-4-16(5-7-17)9-12-10(14)3-8-19-12/h3,8,11H,2,4-7,9H2,1H3,(H2,15,18). The molecule has 1 aromatic heterocycles. The maximum atomic E-state index is 5.81. The molecule has 0 saturated carbocycles. The van der Waals surface area contributed by atoms with Crippen molar-refractivity contribution in [2.45, 2.75) is 25.9 Å². The van der Waals surface area contributed by atoms with E-state index in [4.69, 9.17) is 18.0 Å². The van der Waals surface area contributed by atoms with E-state index in [1.165, 1.54) is 9.35 Å². The van der Waals surface area contributed by atoms with E-state index in [0.29, 0.717) is 4.99 Å². The Kier molecular flexibility index (Phi) is 5.77. The van der Waals surface area contributed by atoms with Gasteiger partial charge in [-0.25, -0.2) is 0 Å². The van der Waals surface area contributed by atoms with Gasteiger partial charge in [-0.05, 0) is 33.8 Å². The highest BCUT2D eigenvalue weighted by Crippen LogP contribution is 2.24. The number of rotatable bonds is 5. The summed E-state index contributed by atoms with van der Waals surface area (Å²) in [4.78, 5) is 6.97. The van der Waals surface area contributed by atoms with Crippen LogP contribution in [-0.2, 0) is 6.54 Å². The lowest BCUT2D eigenvalue weighted by molar-refractivity contribution is 0.112. The van der Waals surface area contributed by atoms with Crippen molar-refractivity contribution in [3.63, 3.8) is 0 Å². The summed E-state index contributed by atoms with van der Waals surface area (Å²) < 4.78 is 1.23. The lowest BCUT2D eigenvalue weighted by Gasteiger charge is -2.38. The Labute approximate surface area is 132 Å². The SMILES string of the molecule is CCC(C(N)=S)N1CCN(Cc2sccc2Br)CC1. The Morgan fingerprint density at radius 1 is 1.47 bits per heavy atom. The summed E-state index contributed by atoms with van der Waals surface area (Å²) >= 11 is 10.6. The lowest BCUT2D eigenvalue weighted by atomic mass is 10.1. The molecule has 0 bridgehead atoms. The molecular weight excluding hydrogens is 342 g/mol. The van der Waals surface area contributed by atoms with Crippen LogP contribution in [0.15, 0.2) is 15.9 Å². The molecule has 6 heteroatoms. The van der Waals surface area contributed by atoms with E-state index >= 15 is 0 Å². The van der Waals surface area contributed by atoms with Crippen LogP contribution >= 0.6 is 39.5 Å². The highest BCUT2D eigenvalue weighted by atomic mass is 79.9. The van der Waals surface area contributed by atoms with Crippen molar-refractivity contribution < 1.29 is 0 Å². The van der Waals surface area contributed by atoms with E-state index < -0.39 is 0 Å². The highest BCUT2D eigenvalue weighted by molar-refractivity contribution is 9.10. The average molecular weight is 362 g/mol. The van der Waals surface area contributed by atoms with Crippen LogP contribution in [0.2, 0.25) is 0 Å². The lowest BCUT2D eigenvalue weighted by Crippen LogP contribution is -2.53. The average Bonchev–Trinajstić information content (AvgIpc) is 2.78. The fourth-order valence-corrected chi connectivity index (χ4v) is 4.35.